The Morgan fingerprint density at radius 3 is 2.82 bits per heavy atom. The van der Waals surface area contributed by atoms with E-state index in [0.717, 1.165) is 40.4 Å². The van der Waals surface area contributed by atoms with E-state index in [9.17, 15) is 4.79 Å². The number of fused-ring (bicyclic) bond motifs is 1. The van der Waals surface area contributed by atoms with E-state index in [4.69, 9.17) is 9.47 Å². The molecule has 144 valence electrons. The van der Waals surface area contributed by atoms with Crippen LogP contribution in [0.15, 0.2) is 36.7 Å². The summed E-state index contributed by atoms with van der Waals surface area (Å²) in [5.74, 6) is 1.26. The van der Waals surface area contributed by atoms with Gasteiger partial charge in [-0.2, -0.15) is 0 Å². The average molecular weight is 378 g/mol. The number of hydrogen-bond donors (Lipinski definition) is 3. The lowest BCUT2D eigenvalue weighted by Gasteiger charge is -2.17. The molecule has 0 atom stereocenters. The van der Waals surface area contributed by atoms with Crippen molar-refractivity contribution in [2.24, 2.45) is 0 Å². The van der Waals surface area contributed by atoms with Gasteiger partial charge >= 0.3 is 0 Å². The molecule has 1 amide bonds. The molecule has 0 saturated carbocycles. The van der Waals surface area contributed by atoms with Crippen LogP contribution in [-0.4, -0.2) is 36.6 Å². The number of rotatable bonds is 5. The summed E-state index contributed by atoms with van der Waals surface area (Å²) >= 11 is 0. The number of anilines is 2. The number of carbonyl (C=O) groups excluding carboxylic acids is 1. The molecule has 1 aromatic carbocycles. The topological polar surface area (TPSA) is 88.3 Å². The Hall–Kier alpha value is -3.48. The van der Waals surface area contributed by atoms with Crippen LogP contribution in [0.4, 0.5) is 11.4 Å². The Labute approximate surface area is 163 Å². The van der Waals surface area contributed by atoms with Crippen LogP contribution in [0.1, 0.15) is 21.6 Å². The average Bonchev–Trinajstić information content (AvgIpc) is 3.07. The molecule has 28 heavy (non-hydrogen) atoms. The second kappa shape index (κ2) is 7.26. The molecule has 3 N–H and O–H groups in total. The molecule has 0 unspecified atom stereocenters. The van der Waals surface area contributed by atoms with E-state index in [0.29, 0.717) is 23.5 Å². The fraction of sp³-hybridized carbons (Fsp3) is 0.238. The van der Waals surface area contributed by atoms with Crippen LogP contribution in [0.25, 0.3) is 11.3 Å². The van der Waals surface area contributed by atoms with Crippen molar-refractivity contribution in [1.29, 1.82) is 0 Å². The number of carbonyl (C=O) groups is 1. The fourth-order valence-corrected chi connectivity index (χ4v) is 3.61. The minimum atomic E-state index is -0.106. The van der Waals surface area contributed by atoms with E-state index in [1.54, 1.807) is 26.6 Å². The maximum atomic E-state index is 12.7. The number of methoxy groups -OCH3 is 2. The van der Waals surface area contributed by atoms with E-state index in [-0.39, 0.29) is 5.91 Å². The summed E-state index contributed by atoms with van der Waals surface area (Å²) in [6.07, 6.45) is 4.09. The van der Waals surface area contributed by atoms with Gasteiger partial charge < -0.3 is 25.1 Å². The van der Waals surface area contributed by atoms with E-state index in [1.165, 1.54) is 0 Å². The zero-order valence-corrected chi connectivity index (χ0v) is 16.1. The Balaban J connectivity index is 1.92. The zero-order valence-electron chi connectivity index (χ0n) is 16.1. The number of para-hydroxylation sites is 1. The van der Waals surface area contributed by atoms with Gasteiger partial charge in [0.15, 0.2) is 0 Å². The highest BCUT2D eigenvalue weighted by atomic mass is 16.5. The number of amides is 1. The largest absolute Gasteiger partial charge is 0.494 e. The van der Waals surface area contributed by atoms with Gasteiger partial charge in [0.2, 0.25) is 0 Å². The highest BCUT2D eigenvalue weighted by molar-refractivity contribution is 6.06. The van der Waals surface area contributed by atoms with Crippen LogP contribution >= 0.6 is 0 Å². The smallest absolute Gasteiger partial charge is 0.255 e. The lowest BCUT2D eigenvalue weighted by molar-refractivity contribution is 0.0947. The summed E-state index contributed by atoms with van der Waals surface area (Å²) in [6, 6.07) is 7.73. The van der Waals surface area contributed by atoms with E-state index in [1.807, 2.05) is 31.2 Å². The van der Waals surface area contributed by atoms with Crippen molar-refractivity contribution in [3.05, 3.63) is 53.5 Å². The molecule has 0 aliphatic carbocycles. The third kappa shape index (κ3) is 2.94. The van der Waals surface area contributed by atoms with Gasteiger partial charge in [-0.3, -0.25) is 9.78 Å². The molecule has 4 rings (SSSR count). The van der Waals surface area contributed by atoms with Gasteiger partial charge in [-0.1, -0.05) is 12.1 Å². The maximum absolute atomic E-state index is 12.7. The number of aromatic nitrogens is 2. The number of aryl methyl sites for hydroxylation is 1. The molecule has 3 heterocycles. The quantitative estimate of drug-likeness (QED) is 0.633. The first-order chi connectivity index (χ1) is 13.6. The predicted octanol–water partition coefficient (Wildman–Crippen LogP) is 3.43. The van der Waals surface area contributed by atoms with Crippen molar-refractivity contribution in [2.75, 3.05) is 26.1 Å². The van der Waals surface area contributed by atoms with Crippen LogP contribution in [-0.2, 0) is 6.42 Å². The molecule has 7 nitrogen and oxygen atoms in total. The van der Waals surface area contributed by atoms with Gasteiger partial charge in [-0.15, -0.1) is 0 Å². The predicted molar refractivity (Wildman–Crippen MR) is 108 cm³/mol. The molecule has 7 heteroatoms. The van der Waals surface area contributed by atoms with E-state index < -0.39 is 0 Å². The number of ether oxygens (including phenoxy) is 2. The number of aromatic amines is 1. The Bertz CT molecular complexity index is 1040. The molecule has 1 aliphatic heterocycles. The van der Waals surface area contributed by atoms with Crippen LogP contribution < -0.4 is 20.1 Å². The minimum Gasteiger partial charge on any atom is -0.494 e. The SMILES string of the molecule is COc1cnccc1-c1[nH]c2c(c1Nc1cccc(C)c1OC)C(=O)NCC2. The van der Waals surface area contributed by atoms with Gasteiger partial charge in [-0.05, 0) is 24.6 Å². The second-order valence-electron chi connectivity index (χ2n) is 6.59. The summed E-state index contributed by atoms with van der Waals surface area (Å²) in [6.45, 7) is 2.59. The van der Waals surface area contributed by atoms with E-state index >= 15 is 0 Å². The lowest BCUT2D eigenvalue weighted by atomic mass is 10.0. The van der Waals surface area contributed by atoms with Crippen LogP contribution in [0.3, 0.4) is 0 Å². The molecule has 3 aromatic rings. The van der Waals surface area contributed by atoms with Crippen LogP contribution in [0, 0.1) is 6.92 Å². The highest BCUT2D eigenvalue weighted by Gasteiger charge is 2.28. The van der Waals surface area contributed by atoms with Crippen molar-refractivity contribution < 1.29 is 14.3 Å². The summed E-state index contributed by atoms with van der Waals surface area (Å²) in [4.78, 5) is 20.2. The van der Waals surface area contributed by atoms with Crippen molar-refractivity contribution in [2.45, 2.75) is 13.3 Å². The third-order valence-corrected chi connectivity index (χ3v) is 4.91. The summed E-state index contributed by atoms with van der Waals surface area (Å²) in [7, 11) is 3.24. The first-order valence-electron chi connectivity index (χ1n) is 9.06. The lowest BCUT2D eigenvalue weighted by Crippen LogP contribution is -2.31. The Morgan fingerprint density at radius 1 is 1.18 bits per heavy atom. The number of hydrogen-bond acceptors (Lipinski definition) is 5. The monoisotopic (exact) mass is 378 g/mol. The van der Waals surface area contributed by atoms with Gasteiger partial charge in [-0.25, -0.2) is 0 Å². The molecule has 0 radical (unpaired) electrons. The summed E-state index contributed by atoms with van der Waals surface area (Å²) in [5, 5.41) is 6.35. The maximum Gasteiger partial charge on any atom is 0.255 e. The number of H-pyrrole nitrogens is 1. The van der Waals surface area contributed by atoms with E-state index in [2.05, 4.69) is 20.6 Å². The molecular formula is C21H22N4O3. The molecule has 0 bridgehead atoms. The van der Waals surface area contributed by atoms with Crippen LogP contribution in [0.5, 0.6) is 11.5 Å². The standard InChI is InChI=1S/C21H22N4O3/c1-12-5-4-6-15(20(12)28-3)25-19-17-14(8-10-23-21(17)26)24-18(19)13-7-9-22-11-16(13)27-2/h4-7,9,11,24-25H,8,10H2,1-3H3,(H,23,26). The minimum absolute atomic E-state index is 0.106. The fourth-order valence-electron chi connectivity index (χ4n) is 3.61. The number of nitrogens with one attached hydrogen (secondary N) is 3. The molecule has 0 saturated heterocycles. The van der Waals surface area contributed by atoms with Crippen molar-refractivity contribution >= 4 is 17.3 Å². The summed E-state index contributed by atoms with van der Waals surface area (Å²) < 4.78 is 11.1. The van der Waals surface area contributed by atoms with Gasteiger partial charge in [0, 0.05) is 30.4 Å². The van der Waals surface area contributed by atoms with Crippen molar-refractivity contribution in [3.8, 4) is 22.8 Å². The molecule has 0 spiro atoms. The Morgan fingerprint density at radius 2 is 2.04 bits per heavy atom. The number of benzene rings is 1. The van der Waals surface area contributed by atoms with Crippen LogP contribution in [0.2, 0.25) is 0 Å². The van der Waals surface area contributed by atoms with Gasteiger partial charge in [0.25, 0.3) is 5.91 Å². The number of nitrogens with zero attached hydrogens (tertiary/aromatic N) is 1. The molecule has 0 fully saturated rings. The number of pyridine rings is 1. The van der Waals surface area contributed by atoms with Gasteiger partial charge in [0.05, 0.1) is 43.0 Å². The zero-order chi connectivity index (χ0) is 19.7. The second-order valence-corrected chi connectivity index (χ2v) is 6.59. The Kier molecular flexibility index (Phi) is 4.65. The highest BCUT2D eigenvalue weighted by Crippen LogP contribution is 2.41. The van der Waals surface area contributed by atoms with Crippen molar-refractivity contribution in [1.82, 2.24) is 15.3 Å². The molecular weight excluding hydrogens is 356 g/mol. The van der Waals surface area contributed by atoms with Gasteiger partial charge in [0.1, 0.15) is 11.5 Å². The third-order valence-electron chi connectivity index (χ3n) is 4.91. The molecule has 2 aromatic heterocycles. The first-order valence-corrected chi connectivity index (χ1v) is 9.06. The normalized spacial score (nSPS) is 12.9. The first kappa shape index (κ1) is 17.9. The summed E-state index contributed by atoms with van der Waals surface area (Å²) in [5.41, 5.74) is 5.61. The van der Waals surface area contributed by atoms with Crippen molar-refractivity contribution in [3.63, 3.8) is 0 Å². The molecule has 1 aliphatic rings.